The maximum Gasteiger partial charge on any atom is 0.308 e. The fourth-order valence-electron chi connectivity index (χ4n) is 3.37. The molecule has 1 atom stereocenters. The standard InChI is InChI=1S/C25H29NO4/c1-4-29-25(27)18(2)9-7-8-16-30-24-17-22(19-12-14-20(28-3)15-13-19)21-10-5-6-11-23(21)26-24/h5-6,10-15,17-18H,4,7-9,16H2,1-3H3. The van der Waals surface area contributed by atoms with Gasteiger partial charge in [0.15, 0.2) is 0 Å². The number of esters is 1. The van der Waals surface area contributed by atoms with Crippen molar-refractivity contribution in [2.45, 2.75) is 33.1 Å². The minimum absolute atomic E-state index is 0.0783. The van der Waals surface area contributed by atoms with E-state index in [0.29, 0.717) is 19.1 Å². The summed E-state index contributed by atoms with van der Waals surface area (Å²) in [6, 6.07) is 18.0. The molecule has 0 fully saturated rings. The Hall–Kier alpha value is -3.08. The van der Waals surface area contributed by atoms with Crippen molar-refractivity contribution >= 4 is 16.9 Å². The number of fused-ring (bicyclic) bond motifs is 1. The number of hydrogen-bond acceptors (Lipinski definition) is 5. The maximum absolute atomic E-state index is 11.7. The Kier molecular flexibility index (Phi) is 7.66. The molecule has 0 radical (unpaired) electrons. The second-order valence-corrected chi connectivity index (χ2v) is 7.25. The lowest BCUT2D eigenvalue weighted by molar-refractivity contribution is -0.147. The molecule has 0 amide bonds. The molecule has 1 heterocycles. The quantitative estimate of drug-likeness (QED) is 0.321. The molecule has 158 valence electrons. The predicted octanol–water partition coefficient (Wildman–Crippen LogP) is 5.66. The van der Waals surface area contributed by atoms with Gasteiger partial charge in [0.05, 0.1) is 31.8 Å². The summed E-state index contributed by atoms with van der Waals surface area (Å²) in [5.41, 5.74) is 3.06. The zero-order valence-electron chi connectivity index (χ0n) is 17.9. The van der Waals surface area contributed by atoms with Crippen molar-refractivity contribution in [3.63, 3.8) is 0 Å². The van der Waals surface area contributed by atoms with Crippen molar-refractivity contribution in [2.75, 3.05) is 20.3 Å². The second kappa shape index (κ2) is 10.6. The van der Waals surface area contributed by atoms with E-state index < -0.39 is 0 Å². The average Bonchev–Trinajstić information content (AvgIpc) is 2.78. The van der Waals surface area contributed by atoms with Crippen molar-refractivity contribution in [3.05, 3.63) is 54.6 Å². The lowest BCUT2D eigenvalue weighted by Gasteiger charge is -2.12. The largest absolute Gasteiger partial charge is 0.497 e. The number of carbonyl (C=O) groups is 1. The van der Waals surface area contributed by atoms with Crippen LogP contribution in [0.3, 0.4) is 0 Å². The number of methoxy groups -OCH3 is 1. The molecule has 3 aromatic rings. The number of unbranched alkanes of at least 4 members (excludes halogenated alkanes) is 1. The summed E-state index contributed by atoms with van der Waals surface area (Å²) < 4.78 is 16.3. The van der Waals surface area contributed by atoms with Crippen molar-refractivity contribution in [3.8, 4) is 22.8 Å². The third-order valence-corrected chi connectivity index (χ3v) is 5.06. The van der Waals surface area contributed by atoms with E-state index in [2.05, 4.69) is 11.1 Å². The smallest absolute Gasteiger partial charge is 0.308 e. The highest BCUT2D eigenvalue weighted by Crippen LogP contribution is 2.32. The van der Waals surface area contributed by atoms with Gasteiger partial charge >= 0.3 is 5.97 Å². The number of rotatable bonds is 10. The molecular weight excluding hydrogens is 378 g/mol. The summed E-state index contributed by atoms with van der Waals surface area (Å²) >= 11 is 0. The molecule has 1 unspecified atom stereocenters. The number of para-hydroxylation sites is 1. The van der Waals surface area contributed by atoms with Crippen LogP contribution in [0.2, 0.25) is 0 Å². The van der Waals surface area contributed by atoms with Crippen LogP contribution in [0.5, 0.6) is 11.6 Å². The molecule has 30 heavy (non-hydrogen) atoms. The highest BCUT2D eigenvalue weighted by atomic mass is 16.5. The van der Waals surface area contributed by atoms with Gasteiger partial charge in [-0.3, -0.25) is 4.79 Å². The first-order valence-corrected chi connectivity index (χ1v) is 10.5. The summed E-state index contributed by atoms with van der Waals surface area (Å²) in [6.45, 7) is 4.72. The Morgan fingerprint density at radius 2 is 1.83 bits per heavy atom. The third-order valence-electron chi connectivity index (χ3n) is 5.06. The van der Waals surface area contributed by atoms with Crippen LogP contribution in [0.4, 0.5) is 0 Å². The van der Waals surface area contributed by atoms with Crippen LogP contribution in [0.1, 0.15) is 33.1 Å². The van der Waals surface area contributed by atoms with Crippen molar-refractivity contribution in [2.24, 2.45) is 5.92 Å². The van der Waals surface area contributed by atoms with Gasteiger partial charge in [0.25, 0.3) is 0 Å². The first kappa shape index (κ1) is 21.6. The van der Waals surface area contributed by atoms with E-state index in [9.17, 15) is 4.79 Å². The van der Waals surface area contributed by atoms with Gasteiger partial charge in [-0.25, -0.2) is 4.98 Å². The monoisotopic (exact) mass is 407 g/mol. The van der Waals surface area contributed by atoms with Crippen LogP contribution >= 0.6 is 0 Å². The highest BCUT2D eigenvalue weighted by molar-refractivity contribution is 5.95. The van der Waals surface area contributed by atoms with Crippen molar-refractivity contribution < 1.29 is 19.0 Å². The van der Waals surface area contributed by atoms with E-state index in [-0.39, 0.29) is 11.9 Å². The van der Waals surface area contributed by atoms with E-state index >= 15 is 0 Å². The first-order chi connectivity index (χ1) is 14.6. The number of pyridine rings is 1. The van der Waals surface area contributed by atoms with Gasteiger partial charge in [-0.2, -0.15) is 0 Å². The van der Waals surface area contributed by atoms with Crippen LogP contribution in [-0.2, 0) is 9.53 Å². The fourth-order valence-corrected chi connectivity index (χ4v) is 3.37. The molecule has 5 heteroatoms. The SMILES string of the molecule is CCOC(=O)C(C)CCCCOc1cc(-c2ccc(OC)cc2)c2ccccc2n1. The maximum atomic E-state index is 11.7. The molecule has 5 nitrogen and oxygen atoms in total. The van der Waals surface area contributed by atoms with E-state index in [1.165, 1.54) is 0 Å². The Labute approximate surface area is 178 Å². The topological polar surface area (TPSA) is 57.7 Å². The van der Waals surface area contributed by atoms with Crippen LogP contribution in [0, 0.1) is 5.92 Å². The second-order valence-electron chi connectivity index (χ2n) is 7.25. The van der Waals surface area contributed by atoms with Gasteiger partial charge in [0, 0.05) is 11.5 Å². The van der Waals surface area contributed by atoms with Crippen LogP contribution in [0.25, 0.3) is 22.0 Å². The first-order valence-electron chi connectivity index (χ1n) is 10.5. The van der Waals surface area contributed by atoms with Crippen molar-refractivity contribution in [1.29, 1.82) is 0 Å². The molecule has 0 aliphatic carbocycles. The molecule has 1 aromatic heterocycles. The number of hydrogen-bond donors (Lipinski definition) is 0. The molecule has 0 N–H and O–H groups in total. The lowest BCUT2D eigenvalue weighted by Crippen LogP contribution is -2.14. The molecule has 0 aliphatic rings. The summed E-state index contributed by atoms with van der Waals surface area (Å²) in [7, 11) is 1.66. The lowest BCUT2D eigenvalue weighted by atomic mass is 10.0. The normalized spacial score (nSPS) is 11.8. The Morgan fingerprint density at radius 1 is 1.07 bits per heavy atom. The number of carbonyl (C=O) groups excluding carboxylic acids is 1. The fraction of sp³-hybridized carbons (Fsp3) is 0.360. The van der Waals surface area contributed by atoms with Gasteiger partial charge < -0.3 is 14.2 Å². The highest BCUT2D eigenvalue weighted by Gasteiger charge is 2.13. The van der Waals surface area contributed by atoms with Crippen LogP contribution in [0.15, 0.2) is 54.6 Å². The number of benzene rings is 2. The van der Waals surface area contributed by atoms with Gasteiger partial charge in [-0.05, 0) is 55.5 Å². The molecule has 0 saturated heterocycles. The number of ether oxygens (including phenoxy) is 3. The van der Waals surface area contributed by atoms with E-state index in [1.807, 2.05) is 62.4 Å². The molecule has 0 spiro atoms. The summed E-state index contributed by atoms with van der Waals surface area (Å²) in [6.07, 6.45) is 2.56. The zero-order chi connectivity index (χ0) is 21.3. The Bertz CT molecular complexity index is 969. The van der Waals surface area contributed by atoms with E-state index in [0.717, 1.165) is 47.0 Å². The predicted molar refractivity (Wildman–Crippen MR) is 119 cm³/mol. The summed E-state index contributed by atoms with van der Waals surface area (Å²) in [4.78, 5) is 16.4. The summed E-state index contributed by atoms with van der Waals surface area (Å²) in [5, 5.41) is 1.08. The van der Waals surface area contributed by atoms with Gasteiger partial charge in [0.2, 0.25) is 5.88 Å². The van der Waals surface area contributed by atoms with E-state index in [1.54, 1.807) is 7.11 Å². The minimum atomic E-state index is -0.126. The average molecular weight is 408 g/mol. The van der Waals surface area contributed by atoms with Gasteiger partial charge in [0.1, 0.15) is 5.75 Å². The molecular formula is C25H29NO4. The van der Waals surface area contributed by atoms with Gasteiger partial charge in [-0.1, -0.05) is 37.3 Å². The zero-order valence-corrected chi connectivity index (χ0v) is 17.9. The van der Waals surface area contributed by atoms with E-state index in [4.69, 9.17) is 14.2 Å². The Balaban J connectivity index is 1.67. The number of nitrogens with zero attached hydrogens (tertiary/aromatic N) is 1. The molecule has 0 bridgehead atoms. The van der Waals surface area contributed by atoms with Crippen LogP contribution < -0.4 is 9.47 Å². The minimum Gasteiger partial charge on any atom is -0.497 e. The van der Waals surface area contributed by atoms with Gasteiger partial charge in [-0.15, -0.1) is 0 Å². The molecule has 0 saturated carbocycles. The third kappa shape index (κ3) is 5.50. The number of aromatic nitrogens is 1. The van der Waals surface area contributed by atoms with Crippen LogP contribution in [-0.4, -0.2) is 31.3 Å². The molecule has 2 aromatic carbocycles. The molecule has 0 aliphatic heterocycles. The molecule has 3 rings (SSSR count). The van der Waals surface area contributed by atoms with Crippen molar-refractivity contribution in [1.82, 2.24) is 4.98 Å². The summed E-state index contributed by atoms with van der Waals surface area (Å²) in [5.74, 6) is 1.23. The Morgan fingerprint density at radius 3 is 2.57 bits per heavy atom.